The van der Waals surface area contributed by atoms with Crippen molar-refractivity contribution in [2.75, 3.05) is 13.2 Å². The monoisotopic (exact) mass is 375 g/mol. The van der Waals surface area contributed by atoms with Gasteiger partial charge >= 0.3 is 0 Å². The lowest BCUT2D eigenvalue weighted by Crippen LogP contribution is -2.16. The van der Waals surface area contributed by atoms with Crippen molar-refractivity contribution in [1.82, 2.24) is 5.32 Å². The zero-order valence-corrected chi connectivity index (χ0v) is 13.8. The zero-order chi connectivity index (χ0) is 13.0. The third kappa shape index (κ3) is 4.25. The lowest BCUT2D eigenvalue weighted by molar-refractivity contribution is 0.333. The number of hydrogen-bond donors (Lipinski definition) is 1. The molecule has 1 fully saturated rings. The predicted octanol–water partition coefficient (Wildman–Crippen LogP) is 4.50. The minimum absolute atomic E-state index is 0.690. The summed E-state index contributed by atoms with van der Waals surface area (Å²) in [5.74, 6) is 1.94. The molecule has 2 rings (SSSR count). The summed E-state index contributed by atoms with van der Waals surface area (Å²) in [6, 6.07) is 4.15. The first-order valence-corrected chi connectivity index (χ1v) is 8.10. The van der Waals surface area contributed by atoms with E-state index < -0.39 is 0 Å². The van der Waals surface area contributed by atoms with Gasteiger partial charge in [0.2, 0.25) is 0 Å². The molecule has 1 aromatic carbocycles. The Morgan fingerprint density at radius 3 is 2.78 bits per heavy atom. The topological polar surface area (TPSA) is 21.3 Å². The van der Waals surface area contributed by atoms with Crippen LogP contribution in [0.1, 0.15) is 31.7 Å². The molecular weight excluding hydrogens is 358 g/mol. The van der Waals surface area contributed by atoms with E-state index in [4.69, 9.17) is 4.74 Å². The van der Waals surface area contributed by atoms with E-state index in [1.54, 1.807) is 0 Å². The molecule has 0 atom stereocenters. The van der Waals surface area contributed by atoms with E-state index in [0.29, 0.717) is 6.61 Å². The summed E-state index contributed by atoms with van der Waals surface area (Å²) in [4.78, 5) is 0. The molecule has 18 heavy (non-hydrogen) atoms. The summed E-state index contributed by atoms with van der Waals surface area (Å²) in [6.45, 7) is 4.66. The van der Waals surface area contributed by atoms with Crippen molar-refractivity contribution in [1.29, 1.82) is 0 Å². The van der Waals surface area contributed by atoms with Gasteiger partial charge in [-0.1, -0.05) is 28.8 Å². The Bertz CT molecular complexity index is 405. The summed E-state index contributed by atoms with van der Waals surface area (Å²) in [6.07, 6.45) is 4.15. The molecule has 0 spiro atoms. The average molecular weight is 377 g/mol. The zero-order valence-electron chi connectivity index (χ0n) is 10.6. The maximum absolute atomic E-state index is 5.71. The second-order valence-corrected chi connectivity index (χ2v) is 6.49. The van der Waals surface area contributed by atoms with Crippen LogP contribution in [0.4, 0.5) is 0 Å². The highest BCUT2D eigenvalue weighted by molar-refractivity contribution is 9.11. The van der Waals surface area contributed by atoms with Crippen LogP contribution in [0.25, 0.3) is 0 Å². The minimum Gasteiger partial charge on any atom is -0.492 e. The highest BCUT2D eigenvalue weighted by atomic mass is 79.9. The number of halogens is 2. The maximum atomic E-state index is 5.71. The van der Waals surface area contributed by atoms with Gasteiger partial charge in [0.05, 0.1) is 11.1 Å². The van der Waals surface area contributed by atoms with Crippen molar-refractivity contribution in [2.24, 2.45) is 5.92 Å². The Hall–Kier alpha value is -0.0600. The van der Waals surface area contributed by atoms with Crippen LogP contribution in [-0.4, -0.2) is 13.2 Å². The van der Waals surface area contributed by atoms with E-state index in [9.17, 15) is 0 Å². The van der Waals surface area contributed by atoms with Gasteiger partial charge in [-0.25, -0.2) is 0 Å². The smallest absolute Gasteiger partial charge is 0.138 e. The molecule has 1 aliphatic rings. The molecule has 100 valence electrons. The van der Waals surface area contributed by atoms with E-state index in [1.165, 1.54) is 24.8 Å². The third-order valence-corrected chi connectivity index (χ3v) is 4.16. The maximum Gasteiger partial charge on any atom is 0.138 e. The number of ether oxygens (including phenoxy) is 1. The molecule has 0 aliphatic heterocycles. The molecular formula is C14H19Br2NO. The van der Waals surface area contributed by atoms with Gasteiger partial charge in [0.1, 0.15) is 5.75 Å². The van der Waals surface area contributed by atoms with Crippen molar-refractivity contribution in [3.05, 3.63) is 26.6 Å². The molecule has 0 radical (unpaired) electrons. The number of benzene rings is 1. The fourth-order valence-electron chi connectivity index (χ4n) is 1.99. The average Bonchev–Trinajstić information content (AvgIpc) is 3.12. The Labute approximate surface area is 126 Å². The van der Waals surface area contributed by atoms with Gasteiger partial charge in [-0.2, -0.15) is 0 Å². The van der Waals surface area contributed by atoms with Gasteiger partial charge in [0.15, 0.2) is 0 Å². The summed E-state index contributed by atoms with van der Waals surface area (Å²) >= 11 is 7.09. The van der Waals surface area contributed by atoms with Gasteiger partial charge < -0.3 is 10.1 Å². The molecule has 2 nitrogen and oxygen atoms in total. The van der Waals surface area contributed by atoms with E-state index in [-0.39, 0.29) is 0 Å². The van der Waals surface area contributed by atoms with Crippen LogP contribution in [0.3, 0.4) is 0 Å². The largest absolute Gasteiger partial charge is 0.492 e. The Morgan fingerprint density at radius 1 is 1.33 bits per heavy atom. The first-order valence-electron chi connectivity index (χ1n) is 6.52. The second-order valence-electron chi connectivity index (χ2n) is 4.72. The lowest BCUT2D eigenvalue weighted by Gasteiger charge is -2.13. The van der Waals surface area contributed by atoms with Gasteiger partial charge in [-0.15, -0.1) is 0 Å². The van der Waals surface area contributed by atoms with Crippen molar-refractivity contribution < 1.29 is 4.74 Å². The van der Waals surface area contributed by atoms with Crippen LogP contribution in [0.2, 0.25) is 0 Å². The molecule has 1 saturated carbocycles. The molecule has 0 bridgehead atoms. The van der Waals surface area contributed by atoms with Crippen molar-refractivity contribution >= 4 is 31.9 Å². The molecule has 1 aliphatic carbocycles. The standard InChI is InChI=1S/C14H19Br2NO/c1-2-18-14-11(7-12(15)8-13(14)16)9-17-6-5-10-3-4-10/h7-8,10,17H,2-6,9H2,1H3. The molecule has 1 N–H and O–H groups in total. The molecule has 0 saturated heterocycles. The van der Waals surface area contributed by atoms with Crippen LogP contribution in [0.15, 0.2) is 21.1 Å². The lowest BCUT2D eigenvalue weighted by atomic mass is 10.2. The quantitative estimate of drug-likeness (QED) is 0.707. The molecule has 1 aromatic rings. The molecule has 0 amide bonds. The van der Waals surface area contributed by atoms with Crippen LogP contribution in [0, 0.1) is 5.92 Å². The Kier molecular flexibility index (Phi) is 5.52. The Morgan fingerprint density at radius 2 is 2.11 bits per heavy atom. The first kappa shape index (κ1) is 14.4. The van der Waals surface area contributed by atoms with Crippen LogP contribution in [0.5, 0.6) is 5.75 Å². The van der Waals surface area contributed by atoms with Gasteiger partial charge in [-0.05, 0) is 53.9 Å². The summed E-state index contributed by atoms with van der Waals surface area (Å²) < 4.78 is 7.80. The highest BCUT2D eigenvalue weighted by Crippen LogP contribution is 2.33. The van der Waals surface area contributed by atoms with Crippen LogP contribution < -0.4 is 10.1 Å². The van der Waals surface area contributed by atoms with Gasteiger partial charge in [0.25, 0.3) is 0 Å². The second kappa shape index (κ2) is 6.92. The fourth-order valence-corrected chi connectivity index (χ4v) is 3.41. The number of hydrogen-bond acceptors (Lipinski definition) is 2. The van der Waals surface area contributed by atoms with Crippen molar-refractivity contribution in [3.63, 3.8) is 0 Å². The molecule has 0 aromatic heterocycles. The van der Waals surface area contributed by atoms with Crippen LogP contribution in [-0.2, 0) is 6.54 Å². The Balaban J connectivity index is 1.94. The number of rotatable bonds is 7. The molecule has 0 heterocycles. The first-order chi connectivity index (χ1) is 8.70. The van der Waals surface area contributed by atoms with Gasteiger partial charge in [0, 0.05) is 16.6 Å². The molecule has 4 heteroatoms. The predicted molar refractivity (Wildman–Crippen MR) is 82.1 cm³/mol. The third-order valence-electron chi connectivity index (χ3n) is 3.12. The normalized spacial score (nSPS) is 14.8. The fraction of sp³-hybridized carbons (Fsp3) is 0.571. The highest BCUT2D eigenvalue weighted by Gasteiger charge is 2.20. The SMILES string of the molecule is CCOc1c(Br)cc(Br)cc1CNCCC1CC1. The van der Waals surface area contributed by atoms with E-state index in [2.05, 4.69) is 43.2 Å². The molecule has 0 unspecified atom stereocenters. The number of nitrogens with one attached hydrogen (secondary N) is 1. The summed E-state index contributed by atoms with van der Waals surface area (Å²) in [5.41, 5.74) is 1.20. The van der Waals surface area contributed by atoms with Crippen molar-refractivity contribution in [2.45, 2.75) is 32.7 Å². The van der Waals surface area contributed by atoms with Crippen LogP contribution >= 0.6 is 31.9 Å². The van der Waals surface area contributed by atoms with Crippen molar-refractivity contribution in [3.8, 4) is 5.75 Å². The summed E-state index contributed by atoms with van der Waals surface area (Å²) in [7, 11) is 0. The summed E-state index contributed by atoms with van der Waals surface area (Å²) in [5, 5.41) is 3.50. The van der Waals surface area contributed by atoms with Gasteiger partial charge in [-0.3, -0.25) is 0 Å². The van der Waals surface area contributed by atoms with E-state index >= 15 is 0 Å². The van der Waals surface area contributed by atoms with E-state index in [1.807, 2.05) is 13.0 Å². The minimum atomic E-state index is 0.690. The van der Waals surface area contributed by atoms with E-state index in [0.717, 1.165) is 33.7 Å².